The van der Waals surface area contributed by atoms with Crippen molar-refractivity contribution in [3.63, 3.8) is 0 Å². The first-order valence-corrected chi connectivity index (χ1v) is 6.85. The molecule has 5 heteroatoms. The van der Waals surface area contributed by atoms with Gasteiger partial charge < -0.3 is 14.2 Å². The van der Waals surface area contributed by atoms with E-state index in [-0.39, 0.29) is 11.5 Å². The minimum Gasteiger partial charge on any atom is -0.496 e. The molecule has 1 aromatic carbocycles. The zero-order valence-corrected chi connectivity index (χ0v) is 11.9. The molecule has 0 spiro atoms. The minimum absolute atomic E-state index is 0.0152. The summed E-state index contributed by atoms with van der Waals surface area (Å²) in [4.78, 5) is 0. The van der Waals surface area contributed by atoms with E-state index in [1.807, 2.05) is 18.2 Å². The molecule has 18 heavy (non-hydrogen) atoms. The SMILES string of the molecule is COc1cccc(Cl)c1C(S)CCC1OCCO1. The second-order valence-electron chi connectivity index (χ2n) is 4.12. The van der Waals surface area contributed by atoms with Crippen LogP contribution in [-0.4, -0.2) is 26.6 Å². The third kappa shape index (κ3) is 3.32. The van der Waals surface area contributed by atoms with Crippen LogP contribution in [0.5, 0.6) is 5.75 Å². The van der Waals surface area contributed by atoms with Gasteiger partial charge in [-0.05, 0) is 25.0 Å². The van der Waals surface area contributed by atoms with Crippen molar-refractivity contribution in [1.82, 2.24) is 0 Å². The highest BCUT2D eigenvalue weighted by Crippen LogP contribution is 2.38. The first-order valence-electron chi connectivity index (χ1n) is 5.96. The predicted molar refractivity (Wildman–Crippen MR) is 74.7 cm³/mol. The highest BCUT2D eigenvalue weighted by Gasteiger charge is 2.20. The van der Waals surface area contributed by atoms with Crippen LogP contribution >= 0.6 is 24.2 Å². The summed E-state index contributed by atoms with van der Waals surface area (Å²) in [6.07, 6.45) is 1.53. The van der Waals surface area contributed by atoms with Crippen LogP contribution in [0.25, 0.3) is 0 Å². The van der Waals surface area contributed by atoms with Crippen LogP contribution in [0.2, 0.25) is 5.02 Å². The molecule has 1 aliphatic heterocycles. The van der Waals surface area contributed by atoms with E-state index in [9.17, 15) is 0 Å². The fourth-order valence-corrected chi connectivity index (χ4v) is 2.82. The van der Waals surface area contributed by atoms with E-state index in [2.05, 4.69) is 12.6 Å². The Morgan fingerprint density at radius 3 is 2.83 bits per heavy atom. The number of rotatable bonds is 5. The van der Waals surface area contributed by atoms with Crippen molar-refractivity contribution in [2.45, 2.75) is 24.4 Å². The summed E-state index contributed by atoms with van der Waals surface area (Å²) in [6.45, 7) is 1.36. The molecule has 1 aromatic rings. The van der Waals surface area contributed by atoms with Gasteiger partial charge in [0.15, 0.2) is 6.29 Å². The van der Waals surface area contributed by atoms with Crippen LogP contribution in [0.3, 0.4) is 0 Å². The maximum Gasteiger partial charge on any atom is 0.157 e. The monoisotopic (exact) mass is 288 g/mol. The standard InChI is InChI=1S/C13H17ClO3S/c1-15-10-4-2-3-9(14)13(10)11(18)5-6-12-16-7-8-17-12/h2-4,11-12,18H,5-8H2,1H3. The Balaban J connectivity index is 2.01. The van der Waals surface area contributed by atoms with E-state index < -0.39 is 0 Å². The van der Waals surface area contributed by atoms with Crippen LogP contribution < -0.4 is 4.74 Å². The molecule has 0 N–H and O–H groups in total. The van der Waals surface area contributed by atoms with E-state index in [0.29, 0.717) is 18.2 Å². The lowest BCUT2D eigenvalue weighted by Gasteiger charge is -2.18. The van der Waals surface area contributed by atoms with E-state index in [0.717, 1.165) is 24.2 Å². The molecule has 3 nitrogen and oxygen atoms in total. The number of methoxy groups -OCH3 is 1. The third-order valence-electron chi connectivity index (χ3n) is 2.93. The Morgan fingerprint density at radius 2 is 2.17 bits per heavy atom. The Kier molecular flexibility index (Phi) is 5.18. The van der Waals surface area contributed by atoms with Gasteiger partial charge in [-0.2, -0.15) is 12.6 Å². The highest BCUT2D eigenvalue weighted by atomic mass is 35.5. The smallest absolute Gasteiger partial charge is 0.157 e. The summed E-state index contributed by atoms with van der Waals surface area (Å²) in [6, 6.07) is 5.62. The van der Waals surface area contributed by atoms with Crippen molar-refractivity contribution in [2.75, 3.05) is 20.3 Å². The highest BCUT2D eigenvalue weighted by molar-refractivity contribution is 7.80. The maximum absolute atomic E-state index is 6.21. The Bertz CT molecular complexity index is 394. The molecule has 0 aromatic heterocycles. The van der Waals surface area contributed by atoms with Gasteiger partial charge >= 0.3 is 0 Å². The number of thiol groups is 1. The summed E-state index contributed by atoms with van der Waals surface area (Å²) in [7, 11) is 1.64. The van der Waals surface area contributed by atoms with Crippen LogP contribution in [0.4, 0.5) is 0 Å². The molecule has 0 amide bonds. The number of ether oxygens (including phenoxy) is 3. The number of hydrogen-bond acceptors (Lipinski definition) is 4. The third-order valence-corrected chi connectivity index (χ3v) is 3.78. The van der Waals surface area contributed by atoms with Crippen molar-refractivity contribution in [1.29, 1.82) is 0 Å². The van der Waals surface area contributed by atoms with Crippen molar-refractivity contribution in [3.05, 3.63) is 28.8 Å². The molecule has 0 radical (unpaired) electrons. The van der Waals surface area contributed by atoms with Crippen LogP contribution in [0.1, 0.15) is 23.7 Å². The summed E-state index contributed by atoms with van der Waals surface area (Å²) >= 11 is 10.8. The van der Waals surface area contributed by atoms with E-state index in [4.69, 9.17) is 25.8 Å². The zero-order chi connectivity index (χ0) is 13.0. The molecule has 0 saturated carbocycles. The van der Waals surface area contributed by atoms with E-state index in [1.54, 1.807) is 7.11 Å². The van der Waals surface area contributed by atoms with Gasteiger partial charge in [-0.25, -0.2) is 0 Å². The fourth-order valence-electron chi connectivity index (χ4n) is 2.03. The summed E-state index contributed by atoms with van der Waals surface area (Å²) in [5, 5.41) is 0.698. The quantitative estimate of drug-likeness (QED) is 0.841. The second-order valence-corrected chi connectivity index (χ2v) is 5.15. The van der Waals surface area contributed by atoms with Crippen molar-refractivity contribution in [2.24, 2.45) is 0 Å². The van der Waals surface area contributed by atoms with Gasteiger partial charge in [-0.1, -0.05) is 17.7 Å². The van der Waals surface area contributed by atoms with Crippen molar-refractivity contribution >= 4 is 24.2 Å². The van der Waals surface area contributed by atoms with Gasteiger partial charge in [0.2, 0.25) is 0 Å². The number of benzene rings is 1. The zero-order valence-electron chi connectivity index (χ0n) is 10.3. The van der Waals surface area contributed by atoms with Gasteiger partial charge in [0.05, 0.1) is 20.3 Å². The van der Waals surface area contributed by atoms with Gasteiger partial charge in [-0.3, -0.25) is 0 Å². The summed E-state index contributed by atoms with van der Waals surface area (Å²) in [5.41, 5.74) is 0.933. The molecule has 1 unspecified atom stereocenters. The molecule has 1 fully saturated rings. The van der Waals surface area contributed by atoms with Gasteiger partial charge in [0.25, 0.3) is 0 Å². The molecule has 1 aliphatic rings. The van der Waals surface area contributed by atoms with Gasteiger partial charge in [0.1, 0.15) is 5.75 Å². The Hall–Kier alpha value is -0.420. The molecule has 1 heterocycles. The molecule has 2 rings (SSSR count). The first kappa shape index (κ1) is 14.0. The molecular weight excluding hydrogens is 272 g/mol. The fraction of sp³-hybridized carbons (Fsp3) is 0.538. The van der Waals surface area contributed by atoms with Gasteiger partial charge in [-0.15, -0.1) is 0 Å². The lowest BCUT2D eigenvalue weighted by Crippen LogP contribution is -2.09. The Morgan fingerprint density at radius 1 is 1.44 bits per heavy atom. The molecule has 0 bridgehead atoms. The maximum atomic E-state index is 6.21. The minimum atomic E-state index is -0.104. The average molecular weight is 289 g/mol. The van der Waals surface area contributed by atoms with Crippen LogP contribution in [0, 0.1) is 0 Å². The van der Waals surface area contributed by atoms with Crippen LogP contribution in [-0.2, 0) is 9.47 Å². The number of hydrogen-bond donors (Lipinski definition) is 1. The molecule has 100 valence electrons. The van der Waals surface area contributed by atoms with Crippen molar-refractivity contribution < 1.29 is 14.2 Å². The Labute approximate surface area is 118 Å². The molecule has 1 saturated heterocycles. The average Bonchev–Trinajstić information content (AvgIpc) is 2.88. The molecule has 1 atom stereocenters. The second kappa shape index (κ2) is 6.66. The van der Waals surface area contributed by atoms with Crippen LogP contribution in [0.15, 0.2) is 18.2 Å². The van der Waals surface area contributed by atoms with Gasteiger partial charge in [0, 0.05) is 15.8 Å². The lowest BCUT2D eigenvalue weighted by molar-refractivity contribution is -0.0477. The van der Waals surface area contributed by atoms with Crippen molar-refractivity contribution in [3.8, 4) is 5.75 Å². The largest absolute Gasteiger partial charge is 0.496 e. The summed E-state index contributed by atoms with van der Waals surface area (Å²) < 4.78 is 16.1. The predicted octanol–water partition coefficient (Wildman–Crippen LogP) is 3.47. The van der Waals surface area contributed by atoms with E-state index in [1.165, 1.54) is 0 Å². The number of halogens is 1. The molecule has 0 aliphatic carbocycles. The van der Waals surface area contributed by atoms with E-state index >= 15 is 0 Å². The topological polar surface area (TPSA) is 27.7 Å². The molecular formula is C13H17ClO3S. The summed E-state index contributed by atoms with van der Waals surface area (Å²) in [5.74, 6) is 0.774. The first-order chi connectivity index (χ1) is 8.72. The normalized spacial score (nSPS) is 17.9. The lowest BCUT2D eigenvalue weighted by atomic mass is 10.1.